The van der Waals surface area contributed by atoms with Crippen molar-refractivity contribution in [3.8, 4) is 5.75 Å². The van der Waals surface area contributed by atoms with Crippen LogP contribution in [0.25, 0.3) is 0 Å². The van der Waals surface area contributed by atoms with Crippen molar-refractivity contribution in [3.05, 3.63) is 23.8 Å². The predicted molar refractivity (Wildman–Crippen MR) is 71.5 cm³/mol. The second kappa shape index (κ2) is 4.77. The molecule has 0 saturated heterocycles. The lowest BCUT2D eigenvalue weighted by molar-refractivity contribution is 0.356. The zero-order valence-electron chi connectivity index (χ0n) is 10.6. The van der Waals surface area contributed by atoms with Crippen molar-refractivity contribution in [1.82, 2.24) is 4.72 Å². The summed E-state index contributed by atoms with van der Waals surface area (Å²) in [7, 11) is -3.48. The van der Waals surface area contributed by atoms with Gasteiger partial charge in [-0.25, -0.2) is 13.1 Å². The van der Waals surface area contributed by atoms with E-state index in [-0.39, 0.29) is 6.04 Å². The van der Waals surface area contributed by atoms with Crippen LogP contribution in [0.4, 0.5) is 0 Å². The molecule has 0 bridgehead atoms. The molecule has 19 heavy (non-hydrogen) atoms. The van der Waals surface area contributed by atoms with Crippen LogP contribution in [0.5, 0.6) is 5.75 Å². The van der Waals surface area contributed by atoms with E-state index in [9.17, 15) is 8.42 Å². The molecular formula is C13H18N2O3S. The maximum Gasteiger partial charge on any atom is 0.240 e. The Morgan fingerprint density at radius 2 is 2.21 bits per heavy atom. The highest BCUT2D eigenvalue weighted by Crippen LogP contribution is 2.33. The van der Waals surface area contributed by atoms with E-state index >= 15 is 0 Å². The molecule has 0 radical (unpaired) electrons. The van der Waals surface area contributed by atoms with Crippen molar-refractivity contribution < 1.29 is 13.2 Å². The van der Waals surface area contributed by atoms with Crippen molar-refractivity contribution in [2.24, 2.45) is 11.7 Å². The molecule has 1 aliphatic heterocycles. The summed E-state index contributed by atoms with van der Waals surface area (Å²) in [6.45, 7) is 0.970. The minimum atomic E-state index is -3.48. The summed E-state index contributed by atoms with van der Waals surface area (Å²) in [5.41, 5.74) is 6.60. The number of sulfonamides is 1. The highest BCUT2D eigenvalue weighted by atomic mass is 32.2. The summed E-state index contributed by atoms with van der Waals surface area (Å²) in [5, 5.41) is 0. The number of hydrogen-bond acceptors (Lipinski definition) is 4. The van der Waals surface area contributed by atoms with Crippen LogP contribution in [-0.4, -0.2) is 27.6 Å². The van der Waals surface area contributed by atoms with Gasteiger partial charge in [-0.2, -0.15) is 0 Å². The highest BCUT2D eigenvalue weighted by molar-refractivity contribution is 7.89. The third-order valence-electron chi connectivity index (χ3n) is 3.72. The second-order valence-electron chi connectivity index (χ2n) is 5.17. The fraction of sp³-hybridized carbons (Fsp3) is 0.538. The van der Waals surface area contributed by atoms with Gasteiger partial charge < -0.3 is 10.5 Å². The van der Waals surface area contributed by atoms with Gasteiger partial charge in [-0.3, -0.25) is 0 Å². The van der Waals surface area contributed by atoms with E-state index in [4.69, 9.17) is 10.5 Å². The molecule has 1 heterocycles. The van der Waals surface area contributed by atoms with E-state index in [0.29, 0.717) is 24.0 Å². The fourth-order valence-electron chi connectivity index (χ4n) is 2.43. The van der Waals surface area contributed by atoms with Crippen molar-refractivity contribution in [2.45, 2.75) is 30.2 Å². The summed E-state index contributed by atoms with van der Waals surface area (Å²) in [6, 6.07) is 4.87. The van der Waals surface area contributed by atoms with Crippen LogP contribution >= 0.6 is 0 Å². The standard InChI is InChI=1S/C13H18N2O3S/c14-8-12(9-1-2-9)15-19(16,17)11-3-4-13-10(7-11)5-6-18-13/h3-4,7,9,12,15H,1-2,5-6,8,14H2. The molecule has 0 amide bonds. The zero-order valence-corrected chi connectivity index (χ0v) is 11.4. The Kier molecular flexibility index (Phi) is 3.24. The molecular weight excluding hydrogens is 264 g/mol. The number of fused-ring (bicyclic) bond motifs is 1. The van der Waals surface area contributed by atoms with Crippen LogP contribution in [0.2, 0.25) is 0 Å². The molecule has 6 heteroatoms. The van der Waals surface area contributed by atoms with Gasteiger partial charge in [0.2, 0.25) is 10.0 Å². The summed E-state index contributed by atoms with van der Waals surface area (Å²) in [4.78, 5) is 0.302. The average molecular weight is 282 g/mol. The van der Waals surface area contributed by atoms with E-state index in [1.54, 1.807) is 18.2 Å². The van der Waals surface area contributed by atoms with E-state index < -0.39 is 10.0 Å². The zero-order chi connectivity index (χ0) is 13.5. The maximum atomic E-state index is 12.3. The Balaban J connectivity index is 1.83. The molecule has 5 nitrogen and oxygen atoms in total. The molecule has 104 valence electrons. The minimum Gasteiger partial charge on any atom is -0.493 e. The Hall–Kier alpha value is -1.11. The summed E-state index contributed by atoms with van der Waals surface area (Å²) < 4.78 is 32.8. The first kappa shape index (κ1) is 12.9. The molecule has 1 atom stereocenters. The van der Waals surface area contributed by atoms with Gasteiger partial charge >= 0.3 is 0 Å². The van der Waals surface area contributed by atoms with E-state index in [2.05, 4.69) is 4.72 Å². The topological polar surface area (TPSA) is 81.4 Å². The van der Waals surface area contributed by atoms with Gasteiger partial charge in [0.05, 0.1) is 11.5 Å². The van der Waals surface area contributed by atoms with Crippen molar-refractivity contribution >= 4 is 10.0 Å². The molecule has 0 spiro atoms. The van der Waals surface area contributed by atoms with Crippen LogP contribution in [0.15, 0.2) is 23.1 Å². The largest absolute Gasteiger partial charge is 0.493 e. The van der Waals surface area contributed by atoms with Crippen molar-refractivity contribution in [2.75, 3.05) is 13.2 Å². The maximum absolute atomic E-state index is 12.3. The van der Waals surface area contributed by atoms with Crippen LogP contribution in [-0.2, 0) is 16.4 Å². The van der Waals surface area contributed by atoms with E-state index in [1.807, 2.05) is 0 Å². The summed E-state index contributed by atoms with van der Waals surface area (Å²) in [5.74, 6) is 1.19. The van der Waals surface area contributed by atoms with Crippen LogP contribution < -0.4 is 15.2 Å². The Morgan fingerprint density at radius 1 is 1.42 bits per heavy atom. The van der Waals surface area contributed by atoms with Gasteiger partial charge in [0.15, 0.2) is 0 Å². The number of nitrogens with one attached hydrogen (secondary N) is 1. The molecule has 1 aliphatic carbocycles. The molecule has 2 aliphatic rings. The average Bonchev–Trinajstić information content (AvgIpc) is 3.13. The lowest BCUT2D eigenvalue weighted by Gasteiger charge is -2.16. The molecule has 1 aromatic carbocycles. The fourth-order valence-corrected chi connectivity index (χ4v) is 3.80. The van der Waals surface area contributed by atoms with Crippen LogP contribution in [0.1, 0.15) is 18.4 Å². The highest BCUT2D eigenvalue weighted by Gasteiger charge is 2.33. The van der Waals surface area contributed by atoms with Gasteiger partial charge in [0.25, 0.3) is 0 Å². The normalized spacial score (nSPS) is 19.8. The molecule has 1 aromatic rings. The van der Waals surface area contributed by atoms with Crippen LogP contribution in [0, 0.1) is 5.92 Å². The first-order chi connectivity index (χ1) is 9.10. The third kappa shape index (κ3) is 2.61. The van der Waals surface area contributed by atoms with E-state index in [1.165, 1.54) is 0 Å². The first-order valence-corrected chi connectivity index (χ1v) is 8.06. The van der Waals surface area contributed by atoms with Gasteiger partial charge in [0.1, 0.15) is 5.75 Å². The first-order valence-electron chi connectivity index (χ1n) is 6.58. The Bertz CT molecular complexity index is 582. The molecule has 1 unspecified atom stereocenters. The van der Waals surface area contributed by atoms with E-state index in [0.717, 1.165) is 30.6 Å². The minimum absolute atomic E-state index is 0.144. The number of ether oxygens (including phenoxy) is 1. The second-order valence-corrected chi connectivity index (χ2v) is 6.88. The number of rotatable bonds is 5. The smallest absolute Gasteiger partial charge is 0.240 e. The quantitative estimate of drug-likeness (QED) is 0.830. The molecule has 1 fully saturated rings. The SMILES string of the molecule is NCC(NS(=O)(=O)c1ccc2c(c1)CCO2)C1CC1. The van der Waals surface area contributed by atoms with Gasteiger partial charge in [0, 0.05) is 19.0 Å². The summed E-state index contributed by atoms with van der Waals surface area (Å²) >= 11 is 0. The summed E-state index contributed by atoms with van der Waals surface area (Å²) in [6.07, 6.45) is 2.88. The van der Waals surface area contributed by atoms with Crippen LogP contribution in [0.3, 0.4) is 0 Å². The van der Waals surface area contributed by atoms with Crippen molar-refractivity contribution in [3.63, 3.8) is 0 Å². The number of hydrogen-bond donors (Lipinski definition) is 2. The Morgan fingerprint density at radius 3 is 2.89 bits per heavy atom. The van der Waals surface area contributed by atoms with Gasteiger partial charge in [-0.05, 0) is 42.5 Å². The Labute approximate surface area is 113 Å². The molecule has 3 rings (SSSR count). The molecule has 0 aromatic heterocycles. The third-order valence-corrected chi connectivity index (χ3v) is 5.21. The van der Waals surface area contributed by atoms with Gasteiger partial charge in [-0.1, -0.05) is 0 Å². The van der Waals surface area contributed by atoms with Gasteiger partial charge in [-0.15, -0.1) is 0 Å². The molecule has 3 N–H and O–H groups in total. The number of nitrogens with two attached hydrogens (primary N) is 1. The molecule has 1 saturated carbocycles. The predicted octanol–water partition coefficient (Wildman–Crippen LogP) is 0.637. The van der Waals surface area contributed by atoms with Crippen molar-refractivity contribution in [1.29, 1.82) is 0 Å². The number of benzene rings is 1. The monoisotopic (exact) mass is 282 g/mol. The lowest BCUT2D eigenvalue weighted by Crippen LogP contribution is -2.41. The lowest BCUT2D eigenvalue weighted by atomic mass is 10.2.